The molecule has 1 aromatic rings. The van der Waals surface area contributed by atoms with Crippen molar-refractivity contribution in [1.82, 2.24) is 0 Å². The summed E-state index contributed by atoms with van der Waals surface area (Å²) in [7, 11) is 1.72. The molecule has 92 valence electrons. The van der Waals surface area contributed by atoms with E-state index in [-0.39, 0.29) is 17.8 Å². The monoisotopic (exact) mass is 298 g/mol. The molecule has 2 aliphatic heterocycles. The van der Waals surface area contributed by atoms with Gasteiger partial charge in [-0.1, -0.05) is 15.9 Å². The van der Waals surface area contributed by atoms with E-state index in [0.717, 1.165) is 28.0 Å². The minimum atomic E-state index is -0.332. The predicted molar refractivity (Wildman–Crippen MR) is 67.3 cm³/mol. The number of rotatable bonds is 2. The molecule has 0 aromatic heterocycles. The van der Waals surface area contributed by atoms with Gasteiger partial charge in [-0.05, 0) is 26.0 Å². The number of epoxide rings is 1. The molecule has 1 saturated heterocycles. The Morgan fingerprint density at radius 3 is 2.59 bits per heavy atom. The quantitative estimate of drug-likeness (QED) is 0.784. The molecular weight excluding hydrogens is 284 g/mol. The molecule has 3 nitrogen and oxygen atoms in total. The number of fused-ring (bicyclic) bond motifs is 1. The maximum atomic E-state index is 6.06. The zero-order chi connectivity index (χ0) is 12.2. The van der Waals surface area contributed by atoms with Crippen LogP contribution in [0.5, 0.6) is 5.75 Å². The number of benzene rings is 1. The Kier molecular flexibility index (Phi) is 2.51. The summed E-state index contributed by atoms with van der Waals surface area (Å²) < 4.78 is 18.1. The maximum Gasteiger partial charge on any atom is 0.134 e. The van der Waals surface area contributed by atoms with Gasteiger partial charge in [0.2, 0.25) is 0 Å². The van der Waals surface area contributed by atoms with E-state index in [2.05, 4.69) is 28.1 Å². The fraction of sp³-hybridized carbons (Fsp3) is 0.538. The first-order chi connectivity index (χ1) is 8.03. The zero-order valence-electron chi connectivity index (χ0n) is 10.1. The fourth-order valence-corrected chi connectivity index (χ4v) is 3.01. The second-order valence-electron chi connectivity index (χ2n) is 5.06. The van der Waals surface area contributed by atoms with Gasteiger partial charge in [-0.2, -0.15) is 0 Å². The van der Waals surface area contributed by atoms with Gasteiger partial charge >= 0.3 is 0 Å². The average Bonchev–Trinajstić information content (AvgIpc) is 3.01. The second kappa shape index (κ2) is 3.70. The van der Waals surface area contributed by atoms with Crippen LogP contribution in [0.4, 0.5) is 0 Å². The molecule has 2 aliphatic rings. The summed E-state index contributed by atoms with van der Waals surface area (Å²) in [5.41, 5.74) is 1.90. The molecule has 4 heteroatoms. The van der Waals surface area contributed by atoms with Crippen LogP contribution in [-0.4, -0.2) is 19.3 Å². The van der Waals surface area contributed by atoms with E-state index < -0.39 is 0 Å². The van der Waals surface area contributed by atoms with Crippen LogP contribution in [0.15, 0.2) is 16.6 Å². The maximum absolute atomic E-state index is 6.06. The van der Waals surface area contributed by atoms with Crippen LogP contribution < -0.4 is 4.74 Å². The molecule has 1 aromatic carbocycles. The molecule has 17 heavy (non-hydrogen) atoms. The summed E-state index contributed by atoms with van der Waals surface area (Å²) in [5.74, 6) is 0.938. The van der Waals surface area contributed by atoms with Gasteiger partial charge in [-0.15, -0.1) is 0 Å². The van der Waals surface area contributed by atoms with Crippen molar-refractivity contribution < 1.29 is 14.2 Å². The number of methoxy groups -OCH3 is 1. The molecule has 0 amide bonds. The third-order valence-electron chi connectivity index (χ3n) is 3.31. The van der Waals surface area contributed by atoms with Gasteiger partial charge in [0.1, 0.15) is 23.6 Å². The highest BCUT2D eigenvalue weighted by molar-refractivity contribution is 9.10. The van der Waals surface area contributed by atoms with Crippen LogP contribution in [-0.2, 0) is 9.47 Å². The van der Waals surface area contributed by atoms with E-state index in [1.807, 2.05) is 13.8 Å². The van der Waals surface area contributed by atoms with Crippen LogP contribution in [0, 0.1) is 0 Å². The highest BCUT2D eigenvalue weighted by atomic mass is 79.9. The highest BCUT2D eigenvalue weighted by Crippen LogP contribution is 2.51. The van der Waals surface area contributed by atoms with Crippen LogP contribution in [0.1, 0.15) is 37.2 Å². The Labute approximate surface area is 109 Å². The molecule has 2 unspecified atom stereocenters. The van der Waals surface area contributed by atoms with Crippen molar-refractivity contribution in [1.29, 1.82) is 0 Å². The minimum absolute atomic E-state index is 0.0347. The second-order valence-corrected chi connectivity index (χ2v) is 5.97. The highest BCUT2D eigenvalue weighted by Gasteiger charge is 2.45. The molecule has 0 spiro atoms. The Morgan fingerprint density at radius 2 is 2.00 bits per heavy atom. The van der Waals surface area contributed by atoms with Gasteiger partial charge in [-0.25, -0.2) is 0 Å². The van der Waals surface area contributed by atoms with Crippen LogP contribution in [0.25, 0.3) is 0 Å². The molecule has 0 N–H and O–H groups in total. The van der Waals surface area contributed by atoms with Gasteiger partial charge in [0.15, 0.2) is 0 Å². The molecule has 2 atom stereocenters. The Morgan fingerprint density at radius 1 is 1.35 bits per heavy atom. The molecule has 2 heterocycles. The Bertz CT molecular complexity index is 466. The smallest absolute Gasteiger partial charge is 0.134 e. The van der Waals surface area contributed by atoms with E-state index in [1.165, 1.54) is 0 Å². The fourth-order valence-electron chi connectivity index (χ4n) is 2.52. The Balaban J connectivity index is 2.14. The van der Waals surface area contributed by atoms with Crippen molar-refractivity contribution in [3.8, 4) is 5.75 Å². The van der Waals surface area contributed by atoms with Gasteiger partial charge in [0, 0.05) is 22.7 Å². The number of halogens is 1. The van der Waals surface area contributed by atoms with Crippen molar-refractivity contribution >= 4 is 15.9 Å². The lowest BCUT2D eigenvalue weighted by Gasteiger charge is -2.24. The average molecular weight is 299 g/mol. The topological polar surface area (TPSA) is 31.0 Å². The number of hydrogen-bond acceptors (Lipinski definition) is 3. The summed E-state index contributed by atoms with van der Waals surface area (Å²) in [4.78, 5) is 0. The first kappa shape index (κ1) is 11.5. The molecular formula is C13H15BrO3. The molecule has 1 fully saturated rings. The molecule has 0 radical (unpaired) electrons. The van der Waals surface area contributed by atoms with E-state index in [4.69, 9.17) is 14.2 Å². The lowest BCUT2D eigenvalue weighted by atomic mass is 9.96. The molecule has 0 saturated carbocycles. The van der Waals surface area contributed by atoms with E-state index in [1.54, 1.807) is 7.11 Å². The van der Waals surface area contributed by atoms with Gasteiger partial charge in [0.05, 0.1) is 6.61 Å². The SMILES string of the molecule is COC1c2cc(Br)cc(C3CO3)c2OC1(C)C. The third kappa shape index (κ3) is 1.79. The van der Waals surface area contributed by atoms with E-state index in [9.17, 15) is 0 Å². The number of ether oxygens (including phenoxy) is 3. The summed E-state index contributed by atoms with van der Waals surface area (Å²) in [6, 6.07) is 4.15. The van der Waals surface area contributed by atoms with Crippen molar-refractivity contribution in [2.45, 2.75) is 31.7 Å². The predicted octanol–water partition coefficient (Wildman–Crippen LogP) is 3.38. The van der Waals surface area contributed by atoms with E-state index in [0.29, 0.717) is 0 Å². The van der Waals surface area contributed by atoms with Crippen molar-refractivity contribution in [2.75, 3.05) is 13.7 Å². The summed E-state index contributed by atoms with van der Waals surface area (Å²) in [6.07, 6.45) is 0.153. The van der Waals surface area contributed by atoms with Gasteiger partial charge in [-0.3, -0.25) is 0 Å². The van der Waals surface area contributed by atoms with Gasteiger partial charge in [0.25, 0.3) is 0 Å². The first-order valence-corrected chi connectivity index (χ1v) is 6.49. The standard InChI is InChI=1S/C13H15BrO3/c1-13(2)12(15-3)9-5-7(14)4-8(10-6-16-10)11(9)17-13/h4-5,10,12H,6H2,1-3H3. The minimum Gasteiger partial charge on any atom is -0.484 e. The zero-order valence-corrected chi connectivity index (χ0v) is 11.7. The summed E-state index contributed by atoms with van der Waals surface area (Å²) in [6.45, 7) is 4.88. The lowest BCUT2D eigenvalue weighted by Crippen LogP contribution is -2.31. The van der Waals surface area contributed by atoms with E-state index >= 15 is 0 Å². The normalized spacial score (nSPS) is 28.7. The first-order valence-electron chi connectivity index (χ1n) is 5.69. The third-order valence-corrected chi connectivity index (χ3v) is 3.76. The van der Waals surface area contributed by atoms with Crippen molar-refractivity contribution in [3.05, 3.63) is 27.7 Å². The Hall–Kier alpha value is -0.580. The summed E-state index contributed by atoms with van der Waals surface area (Å²) in [5, 5.41) is 0. The summed E-state index contributed by atoms with van der Waals surface area (Å²) >= 11 is 3.54. The molecule has 0 bridgehead atoms. The lowest BCUT2D eigenvalue weighted by molar-refractivity contribution is -0.0281. The van der Waals surface area contributed by atoms with Crippen LogP contribution in [0.2, 0.25) is 0 Å². The van der Waals surface area contributed by atoms with Crippen LogP contribution in [0.3, 0.4) is 0 Å². The molecule has 3 rings (SSSR count). The largest absolute Gasteiger partial charge is 0.484 e. The van der Waals surface area contributed by atoms with Crippen molar-refractivity contribution in [3.63, 3.8) is 0 Å². The molecule has 0 aliphatic carbocycles. The number of hydrogen-bond donors (Lipinski definition) is 0. The van der Waals surface area contributed by atoms with Crippen LogP contribution >= 0.6 is 15.9 Å². The van der Waals surface area contributed by atoms with Crippen molar-refractivity contribution in [2.24, 2.45) is 0 Å². The van der Waals surface area contributed by atoms with Gasteiger partial charge < -0.3 is 14.2 Å².